The van der Waals surface area contributed by atoms with Crippen molar-refractivity contribution in [1.82, 2.24) is 15.1 Å². The molecule has 0 aliphatic rings. The van der Waals surface area contributed by atoms with E-state index in [0.29, 0.717) is 6.04 Å². The number of nitrogens with zero attached hydrogens (tertiary/aromatic N) is 2. The maximum Gasteiger partial charge on any atom is 0.0643 e. The fourth-order valence-corrected chi connectivity index (χ4v) is 2.68. The van der Waals surface area contributed by atoms with Gasteiger partial charge in [-0.2, -0.15) is 5.10 Å². The predicted octanol–water partition coefficient (Wildman–Crippen LogP) is 4.32. The van der Waals surface area contributed by atoms with Crippen LogP contribution in [0.15, 0.2) is 30.5 Å². The van der Waals surface area contributed by atoms with Crippen molar-refractivity contribution in [2.45, 2.75) is 45.7 Å². The topological polar surface area (TPSA) is 29.9 Å². The lowest BCUT2D eigenvalue weighted by atomic mass is 9.97. The monoisotopic (exact) mass is 305 g/mol. The third-order valence-electron chi connectivity index (χ3n) is 4.15. The van der Waals surface area contributed by atoms with E-state index in [1.165, 1.54) is 5.56 Å². The van der Waals surface area contributed by atoms with Gasteiger partial charge < -0.3 is 5.32 Å². The van der Waals surface area contributed by atoms with Crippen LogP contribution in [-0.4, -0.2) is 16.8 Å². The van der Waals surface area contributed by atoms with Crippen molar-refractivity contribution >= 4 is 11.6 Å². The van der Waals surface area contributed by atoms with Gasteiger partial charge in [0, 0.05) is 29.7 Å². The molecule has 114 valence electrons. The zero-order valence-electron chi connectivity index (χ0n) is 13.2. The molecule has 2 unspecified atom stereocenters. The van der Waals surface area contributed by atoms with Gasteiger partial charge in [0.05, 0.1) is 5.69 Å². The van der Waals surface area contributed by atoms with E-state index in [1.807, 2.05) is 23.9 Å². The summed E-state index contributed by atoms with van der Waals surface area (Å²) >= 11 is 6.23. The summed E-state index contributed by atoms with van der Waals surface area (Å²) in [5.41, 5.74) is 3.48. The Kier molecular flexibility index (Phi) is 5.43. The highest BCUT2D eigenvalue weighted by Crippen LogP contribution is 2.26. The van der Waals surface area contributed by atoms with Crippen LogP contribution in [0.1, 0.15) is 49.2 Å². The number of likely N-dealkylation sites (N-methyl/N-ethyl adjacent to an activating group) is 1. The first-order valence-electron chi connectivity index (χ1n) is 7.53. The van der Waals surface area contributed by atoms with Crippen LogP contribution in [0.2, 0.25) is 5.02 Å². The molecule has 0 radical (unpaired) electrons. The van der Waals surface area contributed by atoms with E-state index in [2.05, 4.69) is 44.4 Å². The smallest absolute Gasteiger partial charge is 0.0643 e. The molecule has 0 amide bonds. The van der Waals surface area contributed by atoms with E-state index < -0.39 is 0 Å². The minimum absolute atomic E-state index is 0.226. The molecule has 0 bridgehead atoms. The van der Waals surface area contributed by atoms with Crippen LogP contribution in [0.25, 0.3) is 0 Å². The number of rotatable bonds is 6. The molecule has 2 aromatic rings. The van der Waals surface area contributed by atoms with E-state index in [-0.39, 0.29) is 6.04 Å². The summed E-state index contributed by atoms with van der Waals surface area (Å²) in [6, 6.07) is 8.85. The van der Waals surface area contributed by atoms with Crippen LogP contribution < -0.4 is 5.32 Å². The summed E-state index contributed by atoms with van der Waals surface area (Å²) in [5.74, 6) is 0. The van der Waals surface area contributed by atoms with E-state index >= 15 is 0 Å². The van der Waals surface area contributed by atoms with E-state index in [4.69, 9.17) is 16.7 Å². The van der Waals surface area contributed by atoms with Crippen LogP contribution in [0.3, 0.4) is 0 Å². The minimum Gasteiger partial charge on any atom is -0.313 e. The van der Waals surface area contributed by atoms with Gasteiger partial charge in [-0.3, -0.25) is 4.68 Å². The first-order valence-corrected chi connectivity index (χ1v) is 7.90. The largest absolute Gasteiger partial charge is 0.313 e. The maximum absolute atomic E-state index is 6.23. The van der Waals surface area contributed by atoms with Crippen molar-refractivity contribution in [3.63, 3.8) is 0 Å². The van der Waals surface area contributed by atoms with Crippen molar-refractivity contribution in [2.24, 2.45) is 0 Å². The Morgan fingerprint density at radius 2 is 2.10 bits per heavy atom. The number of aromatic nitrogens is 2. The number of hydrogen-bond acceptors (Lipinski definition) is 2. The van der Waals surface area contributed by atoms with Gasteiger partial charge in [-0.05, 0) is 50.6 Å². The molecule has 3 nitrogen and oxygen atoms in total. The second kappa shape index (κ2) is 7.10. The van der Waals surface area contributed by atoms with Gasteiger partial charge in [-0.1, -0.05) is 30.7 Å². The lowest BCUT2D eigenvalue weighted by Gasteiger charge is -2.18. The number of halogens is 1. The predicted molar refractivity (Wildman–Crippen MR) is 88.9 cm³/mol. The van der Waals surface area contributed by atoms with Crippen molar-refractivity contribution in [3.8, 4) is 0 Å². The van der Waals surface area contributed by atoms with Gasteiger partial charge in [-0.25, -0.2) is 0 Å². The summed E-state index contributed by atoms with van der Waals surface area (Å²) in [5, 5.41) is 8.89. The number of hydrogen-bond donors (Lipinski definition) is 1. The van der Waals surface area contributed by atoms with E-state index in [1.54, 1.807) is 0 Å². The molecule has 0 aliphatic heterocycles. The van der Waals surface area contributed by atoms with Crippen molar-refractivity contribution in [2.75, 3.05) is 7.05 Å². The van der Waals surface area contributed by atoms with Gasteiger partial charge in [0.1, 0.15) is 0 Å². The average Bonchev–Trinajstić information content (AvgIpc) is 2.95. The molecule has 0 saturated carbocycles. The molecule has 21 heavy (non-hydrogen) atoms. The summed E-state index contributed by atoms with van der Waals surface area (Å²) in [4.78, 5) is 0. The third-order valence-corrected chi connectivity index (χ3v) is 4.56. The molecule has 0 fully saturated rings. The second-order valence-corrected chi connectivity index (χ2v) is 5.95. The van der Waals surface area contributed by atoms with Crippen molar-refractivity contribution in [1.29, 1.82) is 0 Å². The number of nitrogens with one attached hydrogen (secondary N) is 1. The van der Waals surface area contributed by atoms with Gasteiger partial charge in [-0.15, -0.1) is 0 Å². The molecule has 4 heteroatoms. The highest BCUT2D eigenvalue weighted by Gasteiger charge is 2.16. The van der Waals surface area contributed by atoms with Gasteiger partial charge in [0.2, 0.25) is 0 Å². The molecule has 1 aromatic carbocycles. The normalized spacial score (nSPS) is 14.1. The molecule has 2 atom stereocenters. The van der Waals surface area contributed by atoms with Gasteiger partial charge in [0.15, 0.2) is 0 Å². The first kappa shape index (κ1) is 16.1. The third kappa shape index (κ3) is 3.66. The zero-order valence-corrected chi connectivity index (χ0v) is 14.0. The fourth-order valence-electron chi connectivity index (χ4n) is 2.50. The Bertz CT molecular complexity index is 591. The second-order valence-electron chi connectivity index (χ2n) is 5.54. The molecule has 0 spiro atoms. The van der Waals surface area contributed by atoms with E-state index in [9.17, 15) is 0 Å². The standard InChI is InChI=1S/C17H24ClN3/c1-5-12(2)21-10-9-14(20-21)11-17(19-4)15-7-6-8-16(18)13(15)3/h6-10,12,17,19H,5,11H2,1-4H3. The zero-order chi connectivity index (χ0) is 15.4. The molecule has 2 rings (SSSR count). The van der Waals surface area contributed by atoms with Crippen LogP contribution >= 0.6 is 11.6 Å². The Morgan fingerprint density at radius 3 is 2.76 bits per heavy atom. The molecule has 0 aliphatic carbocycles. The van der Waals surface area contributed by atoms with Crippen LogP contribution in [0.4, 0.5) is 0 Å². The molecule has 1 heterocycles. The highest BCUT2D eigenvalue weighted by molar-refractivity contribution is 6.31. The summed E-state index contributed by atoms with van der Waals surface area (Å²) < 4.78 is 2.05. The number of benzene rings is 1. The quantitative estimate of drug-likeness (QED) is 0.861. The maximum atomic E-state index is 6.23. The molecular formula is C17H24ClN3. The van der Waals surface area contributed by atoms with Crippen LogP contribution in [-0.2, 0) is 6.42 Å². The van der Waals surface area contributed by atoms with Crippen molar-refractivity contribution < 1.29 is 0 Å². The highest BCUT2D eigenvalue weighted by atomic mass is 35.5. The Morgan fingerprint density at radius 1 is 1.33 bits per heavy atom. The van der Waals surface area contributed by atoms with Gasteiger partial charge >= 0.3 is 0 Å². The molecule has 1 N–H and O–H groups in total. The molecule has 0 saturated heterocycles. The first-order chi connectivity index (χ1) is 10.1. The Labute approximate surface area is 132 Å². The Hall–Kier alpha value is -1.32. The SMILES string of the molecule is CCC(C)n1ccc(CC(NC)c2cccc(Cl)c2C)n1. The molecular weight excluding hydrogens is 282 g/mol. The lowest BCUT2D eigenvalue weighted by molar-refractivity contribution is 0.469. The minimum atomic E-state index is 0.226. The average molecular weight is 306 g/mol. The summed E-state index contributed by atoms with van der Waals surface area (Å²) in [6.07, 6.45) is 4.02. The lowest BCUT2D eigenvalue weighted by Crippen LogP contribution is -2.20. The fraction of sp³-hybridized carbons (Fsp3) is 0.471. The molecule has 1 aromatic heterocycles. The summed E-state index contributed by atoms with van der Waals surface area (Å²) in [6.45, 7) is 6.44. The van der Waals surface area contributed by atoms with Crippen LogP contribution in [0.5, 0.6) is 0 Å². The van der Waals surface area contributed by atoms with Crippen LogP contribution in [0, 0.1) is 6.92 Å². The van der Waals surface area contributed by atoms with Crippen molar-refractivity contribution in [3.05, 3.63) is 52.3 Å². The van der Waals surface area contributed by atoms with Gasteiger partial charge in [0.25, 0.3) is 0 Å². The van der Waals surface area contributed by atoms with E-state index in [0.717, 1.165) is 29.1 Å². The summed E-state index contributed by atoms with van der Waals surface area (Å²) in [7, 11) is 1.98. The Balaban J connectivity index is 2.19.